The summed E-state index contributed by atoms with van der Waals surface area (Å²) in [7, 11) is 0. The third-order valence-corrected chi connectivity index (χ3v) is 4.56. The summed E-state index contributed by atoms with van der Waals surface area (Å²) >= 11 is 0. The van der Waals surface area contributed by atoms with Crippen LogP contribution in [0.4, 0.5) is 4.79 Å². The van der Waals surface area contributed by atoms with E-state index in [1.54, 1.807) is 0 Å². The number of nitrogens with zero attached hydrogens (tertiary/aromatic N) is 1. The zero-order valence-corrected chi connectivity index (χ0v) is 13.6. The van der Waals surface area contributed by atoms with Gasteiger partial charge in [-0.25, -0.2) is 4.79 Å². The van der Waals surface area contributed by atoms with Gasteiger partial charge >= 0.3 is 6.09 Å². The van der Waals surface area contributed by atoms with Gasteiger partial charge in [-0.05, 0) is 57.8 Å². The molecular weight excluding hydrogens is 252 g/mol. The fourth-order valence-electron chi connectivity index (χ4n) is 3.83. The van der Waals surface area contributed by atoms with Gasteiger partial charge in [0.25, 0.3) is 0 Å². The average Bonchev–Trinajstić information content (AvgIpc) is 2.24. The number of amides is 1. The Labute approximate surface area is 123 Å². The first kappa shape index (κ1) is 15.6. The van der Waals surface area contributed by atoms with Crippen molar-refractivity contribution >= 4 is 6.09 Å². The zero-order valence-electron chi connectivity index (χ0n) is 13.6. The van der Waals surface area contributed by atoms with Gasteiger partial charge < -0.3 is 15.4 Å². The van der Waals surface area contributed by atoms with Crippen LogP contribution in [0.15, 0.2) is 0 Å². The molecule has 3 unspecified atom stereocenters. The summed E-state index contributed by atoms with van der Waals surface area (Å²) in [6, 6.07) is 0.450. The molecule has 2 fully saturated rings. The van der Waals surface area contributed by atoms with Crippen molar-refractivity contribution in [3.63, 3.8) is 0 Å². The largest absolute Gasteiger partial charge is 0.444 e. The highest BCUT2D eigenvalue weighted by molar-refractivity contribution is 5.68. The second kappa shape index (κ2) is 5.21. The molecule has 116 valence electrons. The molecular formula is C16H30N2O2. The first-order valence-electron chi connectivity index (χ1n) is 7.84. The molecule has 3 atom stereocenters. The summed E-state index contributed by atoms with van der Waals surface area (Å²) in [5, 5.41) is 0. The number of nitrogens with two attached hydrogens (primary N) is 1. The number of ether oxygens (including phenoxy) is 1. The van der Waals surface area contributed by atoms with Crippen LogP contribution in [-0.4, -0.2) is 35.2 Å². The Bertz CT molecular complexity index is 373. The smallest absolute Gasteiger partial charge is 0.410 e. The maximum absolute atomic E-state index is 12.4. The Balaban J connectivity index is 2.15. The van der Waals surface area contributed by atoms with Gasteiger partial charge in [-0.15, -0.1) is 0 Å². The lowest BCUT2D eigenvalue weighted by Gasteiger charge is -2.51. The summed E-state index contributed by atoms with van der Waals surface area (Å²) in [6.45, 7) is 11.1. The monoisotopic (exact) mass is 282 g/mol. The molecule has 1 saturated heterocycles. The third-order valence-electron chi connectivity index (χ3n) is 4.56. The van der Waals surface area contributed by atoms with Crippen LogP contribution >= 0.6 is 0 Å². The van der Waals surface area contributed by atoms with E-state index in [-0.39, 0.29) is 23.6 Å². The fraction of sp³-hybridized carbons (Fsp3) is 0.938. The van der Waals surface area contributed by atoms with Crippen molar-refractivity contribution in [2.24, 2.45) is 17.1 Å². The molecule has 1 aliphatic carbocycles. The van der Waals surface area contributed by atoms with Gasteiger partial charge in [0.15, 0.2) is 0 Å². The summed E-state index contributed by atoms with van der Waals surface area (Å²) in [5.74, 6) is 0.435. The molecule has 1 saturated carbocycles. The Morgan fingerprint density at radius 1 is 1.30 bits per heavy atom. The second-order valence-corrected chi connectivity index (χ2v) is 8.28. The molecule has 0 spiro atoms. The molecule has 2 rings (SSSR count). The number of piperidine rings is 1. The normalized spacial score (nSPS) is 33.5. The lowest BCUT2D eigenvalue weighted by molar-refractivity contribution is -0.0271. The Hall–Kier alpha value is -0.770. The van der Waals surface area contributed by atoms with Crippen LogP contribution in [0.3, 0.4) is 0 Å². The standard InChI is InChI=1S/C16H30N2O2/c1-15(2,3)20-14(19)18-8-6-7-11-12(17)9-16(4,5)10-13(11)18/h11-13H,6-10,17H2,1-5H3. The van der Waals surface area contributed by atoms with E-state index in [0.29, 0.717) is 5.92 Å². The van der Waals surface area contributed by atoms with Gasteiger partial charge in [0.1, 0.15) is 5.60 Å². The zero-order chi connectivity index (χ0) is 15.1. The molecule has 1 heterocycles. The fourth-order valence-corrected chi connectivity index (χ4v) is 3.83. The number of hydrogen-bond acceptors (Lipinski definition) is 3. The van der Waals surface area contributed by atoms with Crippen molar-refractivity contribution in [2.75, 3.05) is 6.54 Å². The Morgan fingerprint density at radius 2 is 1.95 bits per heavy atom. The molecule has 1 amide bonds. The van der Waals surface area contributed by atoms with Crippen molar-refractivity contribution in [3.8, 4) is 0 Å². The van der Waals surface area contributed by atoms with Crippen molar-refractivity contribution in [2.45, 2.75) is 78.0 Å². The molecule has 1 aliphatic heterocycles. The molecule has 0 radical (unpaired) electrons. The minimum atomic E-state index is -0.434. The number of hydrogen-bond donors (Lipinski definition) is 1. The Morgan fingerprint density at radius 3 is 2.55 bits per heavy atom. The van der Waals surface area contributed by atoms with E-state index in [1.807, 2.05) is 25.7 Å². The van der Waals surface area contributed by atoms with Crippen LogP contribution in [0.1, 0.15) is 60.3 Å². The highest BCUT2D eigenvalue weighted by Crippen LogP contribution is 2.43. The average molecular weight is 282 g/mol. The molecule has 20 heavy (non-hydrogen) atoms. The van der Waals surface area contributed by atoms with E-state index in [9.17, 15) is 4.79 Å². The van der Waals surface area contributed by atoms with E-state index in [1.165, 1.54) is 0 Å². The SMILES string of the molecule is CC1(C)CC(N)C2CCCN(C(=O)OC(C)(C)C)C2C1. The second-order valence-electron chi connectivity index (χ2n) is 8.28. The van der Waals surface area contributed by atoms with E-state index < -0.39 is 5.60 Å². The maximum atomic E-state index is 12.4. The van der Waals surface area contributed by atoms with Crippen LogP contribution in [-0.2, 0) is 4.74 Å². The van der Waals surface area contributed by atoms with E-state index in [4.69, 9.17) is 10.5 Å². The van der Waals surface area contributed by atoms with Gasteiger partial charge in [-0.2, -0.15) is 0 Å². The van der Waals surface area contributed by atoms with Crippen LogP contribution < -0.4 is 5.73 Å². The molecule has 0 aromatic heterocycles. The number of carbonyl (C=O) groups is 1. The van der Waals surface area contributed by atoms with Crippen LogP contribution in [0, 0.1) is 11.3 Å². The Kier molecular flexibility index (Phi) is 4.07. The number of rotatable bonds is 0. The summed E-state index contributed by atoms with van der Waals surface area (Å²) in [5.41, 5.74) is 6.15. The summed E-state index contributed by atoms with van der Waals surface area (Å²) < 4.78 is 5.58. The molecule has 0 bridgehead atoms. The minimum absolute atomic E-state index is 0.169. The first-order chi connectivity index (χ1) is 9.09. The predicted molar refractivity (Wildman–Crippen MR) is 80.4 cm³/mol. The molecule has 2 aliphatic rings. The van der Waals surface area contributed by atoms with Gasteiger partial charge in [0.05, 0.1) is 0 Å². The quantitative estimate of drug-likeness (QED) is 0.742. The maximum Gasteiger partial charge on any atom is 0.410 e. The van der Waals surface area contributed by atoms with Crippen LogP contribution in [0.2, 0.25) is 0 Å². The van der Waals surface area contributed by atoms with Crippen LogP contribution in [0.25, 0.3) is 0 Å². The first-order valence-corrected chi connectivity index (χ1v) is 7.84. The highest BCUT2D eigenvalue weighted by atomic mass is 16.6. The van der Waals surface area contributed by atoms with Crippen molar-refractivity contribution in [1.29, 1.82) is 0 Å². The summed E-state index contributed by atoms with van der Waals surface area (Å²) in [6.07, 6.45) is 4.09. The van der Waals surface area contributed by atoms with Crippen molar-refractivity contribution in [1.82, 2.24) is 4.90 Å². The minimum Gasteiger partial charge on any atom is -0.444 e. The van der Waals surface area contributed by atoms with Crippen molar-refractivity contribution < 1.29 is 9.53 Å². The molecule has 0 aromatic rings. The predicted octanol–water partition coefficient (Wildman–Crippen LogP) is 3.15. The lowest BCUT2D eigenvalue weighted by atomic mass is 9.65. The van der Waals surface area contributed by atoms with Crippen molar-refractivity contribution in [3.05, 3.63) is 0 Å². The van der Waals surface area contributed by atoms with Gasteiger partial charge in [0.2, 0.25) is 0 Å². The third kappa shape index (κ3) is 3.46. The van der Waals surface area contributed by atoms with E-state index in [0.717, 1.165) is 32.2 Å². The van der Waals surface area contributed by atoms with Gasteiger partial charge in [-0.1, -0.05) is 13.8 Å². The summed E-state index contributed by atoms with van der Waals surface area (Å²) in [4.78, 5) is 14.4. The molecule has 4 nitrogen and oxygen atoms in total. The molecule has 0 aromatic carbocycles. The van der Waals surface area contributed by atoms with E-state index >= 15 is 0 Å². The topological polar surface area (TPSA) is 55.6 Å². The van der Waals surface area contributed by atoms with Gasteiger partial charge in [-0.3, -0.25) is 0 Å². The number of carbonyl (C=O) groups excluding carboxylic acids is 1. The van der Waals surface area contributed by atoms with Gasteiger partial charge in [0, 0.05) is 18.6 Å². The van der Waals surface area contributed by atoms with Crippen LogP contribution in [0.5, 0.6) is 0 Å². The molecule has 4 heteroatoms. The number of fused-ring (bicyclic) bond motifs is 1. The van der Waals surface area contributed by atoms with E-state index in [2.05, 4.69) is 13.8 Å². The lowest BCUT2D eigenvalue weighted by Crippen LogP contribution is -2.59. The molecule has 2 N–H and O–H groups in total. The number of likely N-dealkylation sites (tertiary alicyclic amines) is 1. The highest BCUT2D eigenvalue weighted by Gasteiger charge is 2.46.